The Balaban J connectivity index is -0.000000163. The van der Waals surface area contributed by atoms with E-state index in [0.717, 1.165) is 0 Å². The molecule has 0 saturated carbocycles. The minimum atomic E-state index is 0. The predicted molar refractivity (Wildman–Crippen MR) is 66.8 cm³/mol. The van der Waals surface area contributed by atoms with Crippen molar-refractivity contribution in [2.45, 2.75) is 20.3 Å². The second-order valence-corrected chi connectivity index (χ2v) is 2.74. The van der Waals surface area contributed by atoms with Crippen LogP contribution in [0.4, 0.5) is 0 Å². The Hall–Kier alpha value is -1.62. The molecule has 0 saturated heterocycles. The Bertz CT molecular complexity index is 334. The van der Waals surface area contributed by atoms with Gasteiger partial charge in [-0.3, -0.25) is 22.9 Å². The highest BCUT2D eigenvalue weighted by molar-refractivity contribution is 6.41. The van der Waals surface area contributed by atoms with Crippen molar-refractivity contribution in [2.24, 2.45) is 33.1 Å². The molecule has 0 amide bonds. The first-order valence-corrected chi connectivity index (χ1v) is 4.36. The zero-order chi connectivity index (χ0) is 11.8. The maximum atomic E-state index is 5.19. The first kappa shape index (κ1) is 30.4. The number of rotatable bonds is 4. The molecule has 116 valence electrons. The van der Waals surface area contributed by atoms with Gasteiger partial charge in [-0.1, -0.05) is 6.92 Å². The van der Waals surface area contributed by atoms with Gasteiger partial charge in [0.15, 0.2) is 0 Å². The summed E-state index contributed by atoms with van der Waals surface area (Å²) in [5, 5.41) is 12.7. The number of halogens is 2. The van der Waals surface area contributed by atoms with Gasteiger partial charge in [0.05, 0.1) is 11.4 Å². The van der Waals surface area contributed by atoms with Crippen LogP contribution in [0.3, 0.4) is 0 Å². The van der Waals surface area contributed by atoms with E-state index < -0.39 is 0 Å². The van der Waals surface area contributed by atoms with Crippen LogP contribution in [-0.2, 0) is 0 Å². The number of hydrazone groups is 2. The molecule has 12 heteroatoms. The monoisotopic (exact) mass is 320 g/mol. The number of nitrogens with two attached hydrogens (primary N) is 4. The van der Waals surface area contributed by atoms with Gasteiger partial charge < -0.3 is 35.8 Å². The van der Waals surface area contributed by atoms with Gasteiger partial charge in [-0.15, -0.1) is 10.2 Å². The Labute approximate surface area is 123 Å². The lowest BCUT2D eigenvalue weighted by Gasteiger charge is -1.96. The highest BCUT2D eigenvalue weighted by atomic mass is 35.5. The van der Waals surface area contributed by atoms with Gasteiger partial charge in [0, 0.05) is 0 Å². The molecule has 19 heavy (non-hydrogen) atoms. The Morgan fingerprint density at radius 3 is 1.58 bits per heavy atom. The molecule has 10 nitrogen and oxygen atoms in total. The van der Waals surface area contributed by atoms with Crippen molar-refractivity contribution in [2.75, 3.05) is 0 Å². The number of hydrogen-bond acceptors (Lipinski definition) is 2. The number of nitrogens with one attached hydrogen (secondary N) is 2. The third-order valence-corrected chi connectivity index (χ3v) is 1.43. The lowest BCUT2D eigenvalue weighted by atomic mass is 10.2. The van der Waals surface area contributed by atoms with Crippen LogP contribution in [0, 0.1) is 0 Å². The molecule has 0 aromatic rings. The lowest BCUT2D eigenvalue weighted by molar-refractivity contribution is -0.466. The largest absolute Gasteiger partial charge is 1.00 e. The number of hydrogen-bond donors (Lipinski definition) is 6. The molecule has 0 spiro atoms. The zero-order valence-corrected chi connectivity index (χ0v) is 12.2. The van der Waals surface area contributed by atoms with Gasteiger partial charge in [-0.25, -0.2) is 0 Å². The summed E-state index contributed by atoms with van der Waals surface area (Å²) < 4.78 is 0. The van der Waals surface area contributed by atoms with E-state index in [-0.39, 0.29) is 47.7 Å². The van der Waals surface area contributed by atoms with Crippen molar-refractivity contribution in [3.8, 4) is 0 Å². The highest BCUT2D eigenvalue weighted by Gasteiger charge is 2.02. The number of guanidine groups is 2. The van der Waals surface area contributed by atoms with Crippen LogP contribution >= 0.6 is 0 Å². The van der Waals surface area contributed by atoms with E-state index in [2.05, 4.69) is 20.4 Å². The lowest BCUT2D eigenvalue weighted by Crippen LogP contribution is -3.00. The Morgan fingerprint density at radius 2 is 1.26 bits per heavy atom. The maximum Gasteiger partial charge on any atom is 0.362 e. The van der Waals surface area contributed by atoms with Crippen LogP contribution in [0.15, 0.2) is 10.2 Å². The zero-order valence-electron chi connectivity index (χ0n) is 10.7. The minimum Gasteiger partial charge on any atom is -1.00 e. The van der Waals surface area contributed by atoms with Gasteiger partial charge in [0.1, 0.15) is 0 Å². The summed E-state index contributed by atoms with van der Waals surface area (Å²) in [5.41, 5.74) is 22.1. The average molecular weight is 321 g/mol. The molecular weight excluding hydrogens is 299 g/mol. The summed E-state index contributed by atoms with van der Waals surface area (Å²) >= 11 is 0. The standard InChI is InChI=1S/C7H16N8.2ClH.2H2O/c1-3-5(13-15-7(10)11)4(2)12-14-6(8)9;;;;/h3H2,1-2H3,(H4,8,9,14)(H4,10,11,15);2*1H;2*1H2/b12-4+,13-5+;;;;. The predicted octanol–water partition coefficient (Wildman–Crippen LogP) is -12.8. The summed E-state index contributed by atoms with van der Waals surface area (Å²) in [4.78, 5) is 0. The van der Waals surface area contributed by atoms with Gasteiger partial charge >= 0.3 is 11.9 Å². The van der Waals surface area contributed by atoms with Gasteiger partial charge in [0.2, 0.25) is 0 Å². The normalized spacial score (nSPS) is 9.58. The van der Waals surface area contributed by atoms with Crippen molar-refractivity contribution in [1.82, 2.24) is 0 Å². The van der Waals surface area contributed by atoms with E-state index in [4.69, 9.17) is 22.9 Å². The van der Waals surface area contributed by atoms with Crippen LogP contribution in [-0.4, -0.2) is 34.3 Å². The van der Waals surface area contributed by atoms with Crippen LogP contribution < -0.4 is 58.0 Å². The first-order valence-electron chi connectivity index (χ1n) is 4.36. The van der Waals surface area contributed by atoms with E-state index in [1.54, 1.807) is 6.92 Å². The average Bonchev–Trinajstić information content (AvgIpc) is 2.15. The molecule has 0 aromatic heterocycles. The van der Waals surface area contributed by atoms with Crippen molar-refractivity contribution in [1.29, 1.82) is 0 Å². The van der Waals surface area contributed by atoms with Crippen LogP contribution in [0.1, 0.15) is 20.3 Å². The molecule has 0 aliphatic heterocycles. The maximum absolute atomic E-state index is 5.19. The molecule has 0 unspecified atom stereocenters. The van der Waals surface area contributed by atoms with E-state index >= 15 is 0 Å². The van der Waals surface area contributed by atoms with Crippen LogP contribution in [0.25, 0.3) is 0 Å². The summed E-state index contributed by atoms with van der Waals surface area (Å²) in [6.07, 6.45) is 0.668. The molecule has 0 aliphatic carbocycles. The smallest absolute Gasteiger partial charge is 0.362 e. The van der Waals surface area contributed by atoms with Gasteiger partial charge in [-0.05, 0) is 13.3 Å². The molecule has 0 atom stereocenters. The quantitative estimate of drug-likeness (QED) is 0.168. The SMILES string of the molecule is CCC(=N\[NH+]=C(N)N)/C(C)=N/[NH+]=C(N)N.O.O.[Cl-].[Cl-]. The summed E-state index contributed by atoms with van der Waals surface area (Å²) in [6, 6.07) is 0. The fraction of sp³-hybridized carbons (Fsp3) is 0.429. The van der Waals surface area contributed by atoms with Gasteiger partial charge in [-0.2, -0.15) is 10.2 Å². The molecule has 0 aliphatic rings. The topological polar surface area (TPSA) is 220 Å². The van der Waals surface area contributed by atoms with E-state index in [1.807, 2.05) is 6.92 Å². The number of nitrogens with zero attached hydrogens (tertiary/aromatic N) is 2. The second-order valence-electron chi connectivity index (χ2n) is 2.74. The molecule has 0 rings (SSSR count). The van der Waals surface area contributed by atoms with E-state index in [0.29, 0.717) is 17.8 Å². The third-order valence-electron chi connectivity index (χ3n) is 1.43. The fourth-order valence-corrected chi connectivity index (χ4v) is 0.761. The van der Waals surface area contributed by atoms with Crippen molar-refractivity contribution < 1.29 is 46.0 Å². The van der Waals surface area contributed by atoms with Crippen molar-refractivity contribution in [3.05, 3.63) is 0 Å². The van der Waals surface area contributed by atoms with E-state index in [1.165, 1.54) is 0 Å². The minimum absolute atomic E-state index is 0. The summed E-state index contributed by atoms with van der Waals surface area (Å²) in [5.74, 6) is 0.0364. The van der Waals surface area contributed by atoms with Crippen LogP contribution in [0.5, 0.6) is 0 Å². The molecule has 0 bridgehead atoms. The molecule has 0 heterocycles. The molecule has 0 fully saturated rings. The molecule has 0 aromatic carbocycles. The molecular formula is C7H22Cl2N8O2. The third kappa shape index (κ3) is 16.4. The molecule has 0 radical (unpaired) electrons. The molecule has 14 N–H and O–H groups in total. The highest BCUT2D eigenvalue weighted by Crippen LogP contribution is 1.85. The van der Waals surface area contributed by atoms with Crippen LogP contribution in [0.2, 0.25) is 0 Å². The second kappa shape index (κ2) is 16.4. The van der Waals surface area contributed by atoms with Crippen molar-refractivity contribution in [3.63, 3.8) is 0 Å². The van der Waals surface area contributed by atoms with Gasteiger partial charge in [0.25, 0.3) is 0 Å². The first-order chi connectivity index (χ1) is 6.97. The van der Waals surface area contributed by atoms with E-state index in [9.17, 15) is 0 Å². The summed E-state index contributed by atoms with van der Waals surface area (Å²) in [6.45, 7) is 3.68. The Kier molecular flexibility index (Phi) is 26.2. The van der Waals surface area contributed by atoms with Crippen molar-refractivity contribution >= 4 is 23.3 Å². The Morgan fingerprint density at radius 1 is 0.895 bits per heavy atom. The fourth-order valence-electron chi connectivity index (χ4n) is 0.761. The summed E-state index contributed by atoms with van der Waals surface area (Å²) in [7, 11) is 0.